The van der Waals surface area contributed by atoms with Crippen molar-refractivity contribution in [2.45, 2.75) is 44.9 Å². The maximum Gasteiger partial charge on any atom is -0.0279 e. The molecule has 0 fully saturated rings. The fourth-order valence-electron chi connectivity index (χ4n) is 1.40. The number of hydrogen-bond donors (Lipinski definition) is 0. The zero-order valence-electron chi connectivity index (χ0n) is 8.34. The summed E-state index contributed by atoms with van der Waals surface area (Å²) in [5, 5.41) is 0. The van der Waals surface area contributed by atoms with Gasteiger partial charge in [-0.1, -0.05) is 36.8 Å². The van der Waals surface area contributed by atoms with Crippen molar-refractivity contribution in [2.24, 2.45) is 0 Å². The van der Waals surface area contributed by atoms with E-state index in [0.717, 1.165) is 19.3 Å². The molecule has 0 aromatic rings. The fourth-order valence-corrected chi connectivity index (χ4v) is 1.40. The third-order valence-electron chi connectivity index (χ3n) is 2.20. The normalized spacial score (nSPS) is 27.7. The predicted molar refractivity (Wildman–Crippen MR) is 58.4 cm³/mol. The highest BCUT2D eigenvalue weighted by Gasteiger charge is 1.86. The minimum absolute atomic E-state index is 1.14. The fraction of sp³-hybridized carbons (Fsp3) is 0.538. The SMILES string of the molecule is [C]1=C/CC/C=C/C=C/CCCCC/1. The molecule has 1 rings (SSSR count). The van der Waals surface area contributed by atoms with Gasteiger partial charge in [-0.15, -0.1) is 0 Å². The average Bonchev–Trinajstić information content (AvgIpc) is 2.18. The summed E-state index contributed by atoms with van der Waals surface area (Å²) >= 11 is 0. The Bertz CT molecular complexity index is 184. The van der Waals surface area contributed by atoms with Crippen molar-refractivity contribution in [1.82, 2.24) is 0 Å². The molecule has 0 saturated carbocycles. The van der Waals surface area contributed by atoms with Crippen molar-refractivity contribution in [2.75, 3.05) is 0 Å². The highest BCUT2D eigenvalue weighted by molar-refractivity contribution is 5.02. The third kappa shape index (κ3) is 6.39. The van der Waals surface area contributed by atoms with Crippen molar-refractivity contribution in [3.05, 3.63) is 36.5 Å². The molecule has 13 heavy (non-hydrogen) atoms. The molecule has 0 spiro atoms. The Balaban J connectivity index is 2.28. The van der Waals surface area contributed by atoms with E-state index in [2.05, 4.69) is 36.5 Å². The molecular formula is C13H19. The molecule has 0 heterocycles. The van der Waals surface area contributed by atoms with E-state index in [1.54, 1.807) is 0 Å². The van der Waals surface area contributed by atoms with Gasteiger partial charge in [0.2, 0.25) is 0 Å². The number of rotatable bonds is 0. The molecule has 0 aliphatic heterocycles. The van der Waals surface area contributed by atoms with Crippen LogP contribution >= 0.6 is 0 Å². The second-order valence-corrected chi connectivity index (χ2v) is 3.44. The van der Waals surface area contributed by atoms with Gasteiger partial charge in [-0.25, -0.2) is 0 Å². The summed E-state index contributed by atoms with van der Waals surface area (Å²) in [7, 11) is 0. The summed E-state index contributed by atoms with van der Waals surface area (Å²) in [6.45, 7) is 0. The molecule has 0 unspecified atom stereocenters. The van der Waals surface area contributed by atoms with Crippen LogP contribution in [0.15, 0.2) is 30.4 Å². The molecule has 0 aromatic carbocycles. The topological polar surface area (TPSA) is 0 Å². The van der Waals surface area contributed by atoms with E-state index in [4.69, 9.17) is 0 Å². The molecule has 1 aliphatic rings. The van der Waals surface area contributed by atoms with Crippen LogP contribution < -0.4 is 0 Å². The Labute approximate surface area is 82.0 Å². The van der Waals surface area contributed by atoms with E-state index >= 15 is 0 Å². The molecule has 0 amide bonds. The van der Waals surface area contributed by atoms with Crippen LogP contribution in [0.5, 0.6) is 0 Å². The lowest BCUT2D eigenvalue weighted by Crippen LogP contribution is -1.74. The quantitative estimate of drug-likeness (QED) is 0.517. The summed E-state index contributed by atoms with van der Waals surface area (Å²) in [4.78, 5) is 0. The van der Waals surface area contributed by atoms with E-state index in [1.165, 1.54) is 25.7 Å². The van der Waals surface area contributed by atoms with Crippen LogP contribution in [0.4, 0.5) is 0 Å². The molecule has 0 nitrogen and oxygen atoms in total. The first kappa shape index (κ1) is 10.3. The maximum absolute atomic E-state index is 3.34. The van der Waals surface area contributed by atoms with Gasteiger partial charge in [-0.3, -0.25) is 0 Å². The van der Waals surface area contributed by atoms with Gasteiger partial charge in [-0.2, -0.15) is 0 Å². The molecule has 1 radical (unpaired) electrons. The van der Waals surface area contributed by atoms with Gasteiger partial charge >= 0.3 is 0 Å². The lowest BCUT2D eigenvalue weighted by Gasteiger charge is -1.93. The van der Waals surface area contributed by atoms with Crippen LogP contribution in [-0.2, 0) is 0 Å². The summed E-state index contributed by atoms with van der Waals surface area (Å²) in [5.41, 5.74) is 0. The summed E-state index contributed by atoms with van der Waals surface area (Å²) in [6, 6.07) is 0. The Morgan fingerprint density at radius 1 is 0.769 bits per heavy atom. The Kier molecular flexibility index (Phi) is 6.22. The lowest BCUT2D eigenvalue weighted by molar-refractivity contribution is 0.690. The van der Waals surface area contributed by atoms with E-state index < -0.39 is 0 Å². The third-order valence-corrected chi connectivity index (χ3v) is 2.20. The number of allylic oxidation sites excluding steroid dienone is 6. The Morgan fingerprint density at radius 3 is 2.54 bits per heavy atom. The number of hydrogen-bond acceptors (Lipinski definition) is 0. The van der Waals surface area contributed by atoms with Crippen LogP contribution in [0.2, 0.25) is 0 Å². The molecule has 0 saturated heterocycles. The maximum atomic E-state index is 3.34. The Morgan fingerprint density at radius 2 is 1.62 bits per heavy atom. The van der Waals surface area contributed by atoms with Gasteiger partial charge in [0.05, 0.1) is 0 Å². The Hall–Kier alpha value is -0.780. The minimum atomic E-state index is 1.14. The largest absolute Gasteiger partial charge is 0.0845 e. The first-order chi connectivity index (χ1) is 6.50. The predicted octanol–water partition coefficient (Wildman–Crippen LogP) is 4.20. The molecule has 0 bridgehead atoms. The monoisotopic (exact) mass is 175 g/mol. The van der Waals surface area contributed by atoms with Gasteiger partial charge in [0.1, 0.15) is 0 Å². The summed E-state index contributed by atoms with van der Waals surface area (Å²) in [5.74, 6) is 0. The van der Waals surface area contributed by atoms with Crippen LogP contribution in [0, 0.1) is 6.08 Å². The zero-order chi connectivity index (χ0) is 9.19. The first-order valence-corrected chi connectivity index (χ1v) is 5.37. The highest BCUT2D eigenvalue weighted by atomic mass is 13.9. The average molecular weight is 175 g/mol. The van der Waals surface area contributed by atoms with Crippen LogP contribution in [0.1, 0.15) is 44.9 Å². The van der Waals surface area contributed by atoms with Gasteiger partial charge in [0.25, 0.3) is 0 Å². The van der Waals surface area contributed by atoms with Crippen molar-refractivity contribution in [3.8, 4) is 0 Å². The molecule has 0 N–H and O–H groups in total. The minimum Gasteiger partial charge on any atom is -0.0845 e. The van der Waals surface area contributed by atoms with Crippen LogP contribution in [0.25, 0.3) is 0 Å². The van der Waals surface area contributed by atoms with E-state index in [-0.39, 0.29) is 0 Å². The second-order valence-electron chi connectivity index (χ2n) is 3.44. The van der Waals surface area contributed by atoms with Gasteiger partial charge in [0, 0.05) is 0 Å². The van der Waals surface area contributed by atoms with Gasteiger partial charge in [0.15, 0.2) is 0 Å². The molecule has 0 atom stereocenters. The molecule has 0 heteroatoms. The lowest BCUT2D eigenvalue weighted by atomic mass is 10.1. The van der Waals surface area contributed by atoms with Crippen molar-refractivity contribution in [1.29, 1.82) is 0 Å². The standard InChI is InChI=1S/C13H19/c1-2-4-6-8-10-12-13-11-9-7-5-3-1/h1-4,9H,5-8,10,12-13H2/b3-1+,4-2+,11-9?. The summed E-state index contributed by atoms with van der Waals surface area (Å²) in [6.07, 6.45) is 23.0. The van der Waals surface area contributed by atoms with Gasteiger partial charge < -0.3 is 0 Å². The molecule has 1 aliphatic carbocycles. The molecule has 0 aromatic heterocycles. The first-order valence-electron chi connectivity index (χ1n) is 5.37. The summed E-state index contributed by atoms with van der Waals surface area (Å²) < 4.78 is 0. The van der Waals surface area contributed by atoms with Crippen LogP contribution in [0.3, 0.4) is 0 Å². The zero-order valence-corrected chi connectivity index (χ0v) is 8.34. The van der Waals surface area contributed by atoms with Gasteiger partial charge in [-0.05, 0) is 44.6 Å². The van der Waals surface area contributed by atoms with E-state index in [1.807, 2.05) is 0 Å². The van der Waals surface area contributed by atoms with E-state index in [9.17, 15) is 0 Å². The van der Waals surface area contributed by atoms with Crippen molar-refractivity contribution < 1.29 is 0 Å². The van der Waals surface area contributed by atoms with Crippen molar-refractivity contribution in [3.63, 3.8) is 0 Å². The molecular weight excluding hydrogens is 156 g/mol. The van der Waals surface area contributed by atoms with Crippen LogP contribution in [-0.4, -0.2) is 0 Å². The van der Waals surface area contributed by atoms with Crippen molar-refractivity contribution >= 4 is 0 Å². The second kappa shape index (κ2) is 7.85. The highest BCUT2D eigenvalue weighted by Crippen LogP contribution is 2.05. The molecule has 71 valence electrons. The smallest absolute Gasteiger partial charge is 0.0279 e. The van der Waals surface area contributed by atoms with E-state index in [0.29, 0.717) is 0 Å².